The first kappa shape index (κ1) is 16.9. The quantitative estimate of drug-likeness (QED) is 0.578. The largest absolute Gasteiger partial charge is 0.353 e. The van der Waals surface area contributed by atoms with Gasteiger partial charge in [-0.2, -0.15) is 0 Å². The summed E-state index contributed by atoms with van der Waals surface area (Å²) in [6, 6.07) is 9.03. The molecule has 0 saturated heterocycles. The lowest BCUT2D eigenvalue weighted by Gasteiger charge is -2.19. The number of imidazole rings is 1. The number of para-hydroxylation sites is 2. The Morgan fingerprint density at radius 3 is 2.41 bits per heavy atom. The van der Waals surface area contributed by atoms with Gasteiger partial charge in [0, 0.05) is 12.6 Å². The van der Waals surface area contributed by atoms with Gasteiger partial charge in [-0.05, 0) is 31.4 Å². The Hall–Kier alpha value is -1.51. The van der Waals surface area contributed by atoms with Gasteiger partial charge in [0.2, 0.25) is 5.95 Å². The summed E-state index contributed by atoms with van der Waals surface area (Å²) in [5, 5.41) is 3.72. The zero-order valence-electron chi connectivity index (χ0n) is 14.4. The molecule has 0 fully saturated rings. The first-order chi connectivity index (χ1) is 10.8. The van der Waals surface area contributed by atoms with E-state index < -0.39 is 0 Å². The molecule has 0 aliphatic rings. The number of hydrogen-bond acceptors (Lipinski definition) is 2. The van der Waals surface area contributed by atoms with Crippen LogP contribution in [0.1, 0.15) is 65.7 Å². The minimum Gasteiger partial charge on any atom is -0.353 e. The first-order valence-corrected chi connectivity index (χ1v) is 9.01. The third kappa shape index (κ3) is 4.25. The third-order valence-corrected chi connectivity index (χ3v) is 4.25. The van der Waals surface area contributed by atoms with E-state index in [0.717, 1.165) is 18.0 Å². The summed E-state index contributed by atoms with van der Waals surface area (Å²) in [5.41, 5.74) is 2.36. The molecule has 3 nitrogen and oxygen atoms in total. The van der Waals surface area contributed by atoms with Gasteiger partial charge in [-0.1, -0.05) is 58.6 Å². The maximum atomic E-state index is 4.85. The Morgan fingerprint density at radius 1 is 1.00 bits per heavy atom. The highest BCUT2D eigenvalue weighted by Gasteiger charge is 2.14. The number of rotatable bonds is 10. The van der Waals surface area contributed by atoms with Crippen molar-refractivity contribution in [1.29, 1.82) is 0 Å². The van der Waals surface area contributed by atoms with Gasteiger partial charge in [-0.3, -0.25) is 0 Å². The molecule has 0 saturated carbocycles. The van der Waals surface area contributed by atoms with Crippen molar-refractivity contribution in [2.45, 2.75) is 78.3 Å². The Morgan fingerprint density at radius 2 is 1.73 bits per heavy atom. The lowest BCUT2D eigenvalue weighted by molar-refractivity contribution is 0.567. The Labute approximate surface area is 135 Å². The smallest absolute Gasteiger partial charge is 0.204 e. The Balaban J connectivity index is 2.23. The molecule has 1 aromatic carbocycles. The molecule has 2 rings (SSSR count). The van der Waals surface area contributed by atoms with E-state index in [1.165, 1.54) is 50.5 Å². The maximum absolute atomic E-state index is 4.85. The lowest BCUT2D eigenvalue weighted by Crippen LogP contribution is -2.21. The predicted molar refractivity (Wildman–Crippen MR) is 96.5 cm³/mol. The van der Waals surface area contributed by atoms with Crippen LogP contribution in [-0.2, 0) is 6.54 Å². The maximum Gasteiger partial charge on any atom is 0.204 e. The minimum atomic E-state index is 0.539. The molecule has 2 aromatic rings. The second kappa shape index (κ2) is 8.82. The molecule has 1 heterocycles. The summed E-state index contributed by atoms with van der Waals surface area (Å²) in [6.45, 7) is 7.83. The number of aromatic nitrogens is 2. The average Bonchev–Trinajstić information content (AvgIpc) is 2.86. The van der Waals surface area contributed by atoms with Crippen molar-refractivity contribution in [3.05, 3.63) is 24.3 Å². The first-order valence-electron chi connectivity index (χ1n) is 9.01. The molecule has 0 unspecified atom stereocenters. The van der Waals surface area contributed by atoms with Crippen molar-refractivity contribution >= 4 is 17.0 Å². The fraction of sp³-hybridized carbons (Fsp3) is 0.632. The number of unbranched alkanes of at least 4 members (excludes halogenated alkanes) is 2. The van der Waals surface area contributed by atoms with E-state index in [9.17, 15) is 0 Å². The van der Waals surface area contributed by atoms with Crippen LogP contribution < -0.4 is 5.32 Å². The van der Waals surface area contributed by atoms with Gasteiger partial charge in [0.05, 0.1) is 11.0 Å². The normalized spacial score (nSPS) is 11.5. The molecule has 0 radical (unpaired) electrons. The molecule has 122 valence electrons. The van der Waals surface area contributed by atoms with E-state index in [4.69, 9.17) is 4.98 Å². The Bertz CT molecular complexity index is 553. The molecule has 0 amide bonds. The summed E-state index contributed by atoms with van der Waals surface area (Å²) in [4.78, 5) is 4.85. The number of fused-ring (bicyclic) bond motifs is 1. The molecule has 0 aliphatic heterocycles. The zero-order chi connectivity index (χ0) is 15.8. The van der Waals surface area contributed by atoms with Crippen molar-refractivity contribution in [2.75, 3.05) is 5.32 Å². The van der Waals surface area contributed by atoms with Crippen LogP contribution in [0.3, 0.4) is 0 Å². The van der Waals surface area contributed by atoms with E-state index in [0.29, 0.717) is 6.04 Å². The topological polar surface area (TPSA) is 29.9 Å². The van der Waals surface area contributed by atoms with Crippen LogP contribution >= 0.6 is 0 Å². The lowest BCUT2D eigenvalue weighted by atomic mass is 10.1. The van der Waals surface area contributed by atoms with E-state index in [1.54, 1.807) is 0 Å². The predicted octanol–water partition coefficient (Wildman–Crippen LogP) is 5.61. The van der Waals surface area contributed by atoms with E-state index in [1.807, 2.05) is 0 Å². The van der Waals surface area contributed by atoms with E-state index in [2.05, 4.69) is 54.9 Å². The van der Waals surface area contributed by atoms with Gasteiger partial charge in [-0.25, -0.2) is 4.98 Å². The van der Waals surface area contributed by atoms with Crippen LogP contribution in [0.4, 0.5) is 5.95 Å². The second-order valence-electron chi connectivity index (χ2n) is 6.20. The van der Waals surface area contributed by atoms with Crippen LogP contribution in [0.5, 0.6) is 0 Å². The van der Waals surface area contributed by atoms with Crippen molar-refractivity contribution in [3.63, 3.8) is 0 Å². The van der Waals surface area contributed by atoms with Gasteiger partial charge in [0.1, 0.15) is 0 Å². The average molecular weight is 301 g/mol. The molecule has 3 heteroatoms. The van der Waals surface area contributed by atoms with Crippen LogP contribution in [-0.4, -0.2) is 15.6 Å². The molecule has 0 aliphatic carbocycles. The molecule has 1 N–H and O–H groups in total. The molecule has 0 spiro atoms. The fourth-order valence-corrected chi connectivity index (χ4v) is 3.10. The summed E-state index contributed by atoms with van der Waals surface area (Å²) in [7, 11) is 0. The van der Waals surface area contributed by atoms with Crippen molar-refractivity contribution in [1.82, 2.24) is 9.55 Å². The molecular formula is C19H31N3. The highest BCUT2D eigenvalue weighted by Crippen LogP contribution is 2.22. The second-order valence-corrected chi connectivity index (χ2v) is 6.20. The van der Waals surface area contributed by atoms with Crippen molar-refractivity contribution in [3.8, 4) is 0 Å². The molecule has 22 heavy (non-hydrogen) atoms. The summed E-state index contributed by atoms with van der Waals surface area (Å²) in [6.07, 6.45) is 8.61. The number of hydrogen-bond donors (Lipinski definition) is 1. The number of nitrogens with zero attached hydrogens (tertiary/aromatic N) is 2. The minimum absolute atomic E-state index is 0.539. The highest BCUT2D eigenvalue weighted by molar-refractivity contribution is 5.78. The van der Waals surface area contributed by atoms with Crippen LogP contribution in [0.25, 0.3) is 11.0 Å². The van der Waals surface area contributed by atoms with Gasteiger partial charge in [-0.15, -0.1) is 0 Å². The molecule has 1 aromatic heterocycles. The zero-order valence-corrected chi connectivity index (χ0v) is 14.4. The standard InChI is InChI=1S/C19H31N3/c1-4-7-10-15-22-18-14-9-8-13-17(18)21-19(22)20-16(11-5-2)12-6-3/h8-9,13-14,16H,4-7,10-12,15H2,1-3H3,(H,20,21). The van der Waals surface area contributed by atoms with Gasteiger partial charge < -0.3 is 9.88 Å². The van der Waals surface area contributed by atoms with Crippen molar-refractivity contribution < 1.29 is 0 Å². The van der Waals surface area contributed by atoms with E-state index in [-0.39, 0.29) is 0 Å². The fourth-order valence-electron chi connectivity index (χ4n) is 3.10. The van der Waals surface area contributed by atoms with Gasteiger partial charge in [0.15, 0.2) is 0 Å². The van der Waals surface area contributed by atoms with Crippen molar-refractivity contribution in [2.24, 2.45) is 0 Å². The van der Waals surface area contributed by atoms with Gasteiger partial charge in [0.25, 0.3) is 0 Å². The SMILES string of the molecule is CCCCCn1c(NC(CCC)CCC)nc2ccccc21. The monoisotopic (exact) mass is 301 g/mol. The van der Waals surface area contributed by atoms with Crippen LogP contribution in [0, 0.1) is 0 Å². The Kier molecular flexibility index (Phi) is 6.75. The van der Waals surface area contributed by atoms with Gasteiger partial charge >= 0.3 is 0 Å². The number of anilines is 1. The third-order valence-electron chi connectivity index (χ3n) is 4.25. The highest BCUT2D eigenvalue weighted by atomic mass is 15.2. The van der Waals surface area contributed by atoms with Crippen LogP contribution in [0.2, 0.25) is 0 Å². The number of benzene rings is 1. The number of aryl methyl sites for hydroxylation is 1. The van der Waals surface area contributed by atoms with Crippen LogP contribution in [0.15, 0.2) is 24.3 Å². The summed E-state index contributed by atoms with van der Waals surface area (Å²) >= 11 is 0. The molecule has 0 atom stereocenters. The van der Waals surface area contributed by atoms with E-state index >= 15 is 0 Å². The molecule has 0 bridgehead atoms. The summed E-state index contributed by atoms with van der Waals surface area (Å²) in [5.74, 6) is 1.06. The molecular weight excluding hydrogens is 270 g/mol. The summed E-state index contributed by atoms with van der Waals surface area (Å²) < 4.78 is 2.38. The number of nitrogens with one attached hydrogen (secondary N) is 1.